The maximum atomic E-state index is 14.4. The van der Waals surface area contributed by atoms with Crippen molar-refractivity contribution in [3.8, 4) is 0 Å². The first-order valence-corrected chi connectivity index (χ1v) is 12.4. The van der Waals surface area contributed by atoms with Crippen LogP contribution >= 0.6 is 0 Å². The Hall–Kier alpha value is -2.15. The molecule has 174 valence electrons. The summed E-state index contributed by atoms with van der Waals surface area (Å²) in [5.74, 6) is -0.654. The van der Waals surface area contributed by atoms with Gasteiger partial charge in [-0.05, 0) is 69.4 Å². The van der Waals surface area contributed by atoms with Crippen LogP contribution in [-0.2, 0) is 26.9 Å². The number of hydrogen-bond acceptors (Lipinski definition) is 4. The number of ether oxygens (including phenoxy) is 1. The van der Waals surface area contributed by atoms with Crippen molar-refractivity contribution < 1.29 is 18.1 Å². The Morgan fingerprint density at radius 3 is 2.48 bits per heavy atom. The molecule has 0 spiro atoms. The summed E-state index contributed by atoms with van der Waals surface area (Å²) >= 11 is 0. The predicted molar refractivity (Wildman–Crippen MR) is 128 cm³/mol. The highest BCUT2D eigenvalue weighted by atomic mass is 32.2. The van der Waals surface area contributed by atoms with E-state index in [0.717, 1.165) is 36.2 Å². The largest absolute Gasteiger partial charge is 0.466 e. The Balaban J connectivity index is 2.88. The molecule has 0 aliphatic heterocycles. The number of halogens is 1. The van der Waals surface area contributed by atoms with Crippen molar-refractivity contribution in [1.29, 1.82) is 0 Å². The van der Waals surface area contributed by atoms with Crippen molar-refractivity contribution in [2.24, 2.45) is 0 Å². The van der Waals surface area contributed by atoms with Crippen molar-refractivity contribution in [1.82, 2.24) is 4.31 Å². The van der Waals surface area contributed by atoms with Crippen molar-refractivity contribution >= 4 is 22.6 Å². The minimum atomic E-state index is -1.10. The van der Waals surface area contributed by atoms with Gasteiger partial charge < -0.3 is 10.1 Å². The number of hydrogen-bond donors (Lipinski definition) is 1. The normalized spacial score (nSPS) is 12.3. The maximum absolute atomic E-state index is 14.4. The molecule has 1 rings (SSSR count). The van der Waals surface area contributed by atoms with Crippen molar-refractivity contribution in [3.63, 3.8) is 0 Å². The number of rotatable bonds is 13. The van der Waals surface area contributed by atoms with Gasteiger partial charge in [-0.3, -0.25) is 9.10 Å². The first-order chi connectivity index (χ1) is 14.7. The Labute approximate surface area is 189 Å². The van der Waals surface area contributed by atoms with E-state index in [9.17, 15) is 13.4 Å². The van der Waals surface area contributed by atoms with Crippen LogP contribution in [0, 0.1) is 5.82 Å². The molecular formula is C24H37FN2O3S. The zero-order chi connectivity index (χ0) is 23.4. The maximum Gasteiger partial charge on any atom is 0.306 e. The second-order valence-corrected chi connectivity index (χ2v) is 8.82. The van der Waals surface area contributed by atoms with Crippen LogP contribution in [-0.4, -0.2) is 40.4 Å². The SMILES string of the molecule is CCCN(C(/C=C(\CC)CNc1ccc(CCC(=O)OCC)c(F)c1)=C(C)C)S(C)=O. The van der Waals surface area contributed by atoms with Gasteiger partial charge in [-0.15, -0.1) is 0 Å². The molecule has 0 aliphatic carbocycles. The Bertz CT molecular complexity index is 817. The molecule has 31 heavy (non-hydrogen) atoms. The summed E-state index contributed by atoms with van der Waals surface area (Å²) in [5, 5.41) is 3.28. The molecule has 0 amide bonds. The van der Waals surface area contributed by atoms with Crippen molar-refractivity contribution in [3.05, 3.63) is 52.5 Å². The Morgan fingerprint density at radius 1 is 1.26 bits per heavy atom. The van der Waals surface area contributed by atoms with Crippen molar-refractivity contribution in [2.45, 2.75) is 60.3 Å². The van der Waals surface area contributed by atoms with E-state index in [1.54, 1.807) is 19.2 Å². The smallest absolute Gasteiger partial charge is 0.306 e. The van der Waals surface area contributed by atoms with Gasteiger partial charge in [-0.1, -0.05) is 25.5 Å². The Kier molecular flexibility index (Phi) is 12.2. The van der Waals surface area contributed by atoms with Gasteiger partial charge in [0.15, 0.2) is 0 Å². The van der Waals surface area contributed by atoms with Crippen LogP contribution in [0.4, 0.5) is 10.1 Å². The fourth-order valence-electron chi connectivity index (χ4n) is 3.07. The molecule has 0 bridgehead atoms. The van der Waals surface area contributed by atoms with Gasteiger partial charge in [-0.25, -0.2) is 8.60 Å². The van der Waals surface area contributed by atoms with Crippen molar-refractivity contribution in [2.75, 3.05) is 31.3 Å². The molecule has 0 aromatic heterocycles. The van der Waals surface area contributed by atoms with Crippen LogP contribution in [0.25, 0.3) is 0 Å². The summed E-state index contributed by atoms with van der Waals surface area (Å²) in [4.78, 5) is 11.5. The fourth-order valence-corrected chi connectivity index (χ4v) is 4.03. The molecule has 7 heteroatoms. The van der Waals surface area contributed by atoms with E-state index in [2.05, 4.69) is 25.2 Å². The van der Waals surface area contributed by atoms with Crippen LogP contribution in [0.2, 0.25) is 0 Å². The highest BCUT2D eigenvalue weighted by Gasteiger charge is 2.13. The number of aryl methyl sites for hydroxylation is 1. The second-order valence-electron chi connectivity index (χ2n) is 7.53. The molecule has 0 fully saturated rings. The zero-order valence-corrected chi connectivity index (χ0v) is 20.5. The summed E-state index contributed by atoms with van der Waals surface area (Å²) in [6.45, 7) is 11.5. The van der Waals surface area contributed by atoms with E-state index in [1.807, 2.05) is 24.2 Å². The van der Waals surface area contributed by atoms with E-state index >= 15 is 0 Å². The summed E-state index contributed by atoms with van der Waals surface area (Å²) < 4.78 is 33.5. The molecule has 0 saturated carbocycles. The van der Waals surface area contributed by atoms with Gasteiger partial charge >= 0.3 is 5.97 Å². The molecule has 0 aliphatic rings. The lowest BCUT2D eigenvalue weighted by Crippen LogP contribution is -2.26. The minimum Gasteiger partial charge on any atom is -0.466 e. The molecule has 1 unspecified atom stereocenters. The van der Waals surface area contributed by atoms with Gasteiger partial charge in [0.25, 0.3) is 0 Å². The molecule has 1 aromatic carbocycles. The fraction of sp³-hybridized carbons (Fsp3) is 0.542. The number of nitrogens with zero attached hydrogens (tertiary/aromatic N) is 1. The quantitative estimate of drug-likeness (QED) is 0.323. The number of carbonyl (C=O) groups is 1. The van der Waals surface area contributed by atoms with E-state index in [0.29, 0.717) is 30.8 Å². The number of benzene rings is 1. The van der Waals surface area contributed by atoms with Crippen LogP contribution in [0.5, 0.6) is 0 Å². The summed E-state index contributed by atoms with van der Waals surface area (Å²) in [6.07, 6.45) is 5.99. The number of anilines is 1. The minimum absolute atomic E-state index is 0.165. The number of carbonyl (C=O) groups excluding carboxylic acids is 1. The monoisotopic (exact) mass is 452 g/mol. The molecule has 5 nitrogen and oxygen atoms in total. The van der Waals surface area contributed by atoms with Gasteiger partial charge in [0.2, 0.25) is 0 Å². The highest BCUT2D eigenvalue weighted by Crippen LogP contribution is 2.20. The van der Waals surface area contributed by atoms with E-state index in [1.165, 1.54) is 6.07 Å². The van der Waals surface area contributed by atoms with Gasteiger partial charge in [0.05, 0.1) is 6.61 Å². The molecule has 0 saturated heterocycles. The highest BCUT2D eigenvalue weighted by molar-refractivity contribution is 7.82. The molecule has 1 N–H and O–H groups in total. The second kappa shape index (κ2) is 14.0. The lowest BCUT2D eigenvalue weighted by atomic mass is 10.1. The molecule has 1 atom stereocenters. The standard InChI is InChI=1S/C24H37FN2O3S/c1-7-14-27(31(6)29)23(18(4)5)15-19(8-2)17-26-21-12-10-20(22(25)16-21)11-13-24(28)30-9-3/h10,12,15-16,26H,7-9,11,13-14,17H2,1-6H3/b19-15+. The first-order valence-electron chi connectivity index (χ1n) is 10.9. The van der Waals surface area contributed by atoms with E-state index in [-0.39, 0.29) is 18.2 Å². The van der Waals surface area contributed by atoms with Crippen LogP contribution in [0.1, 0.15) is 59.4 Å². The summed E-state index contributed by atoms with van der Waals surface area (Å²) in [7, 11) is -1.10. The number of esters is 1. The third kappa shape index (κ3) is 9.25. The lowest BCUT2D eigenvalue weighted by molar-refractivity contribution is -0.143. The molecular weight excluding hydrogens is 415 g/mol. The van der Waals surface area contributed by atoms with E-state index in [4.69, 9.17) is 4.74 Å². The zero-order valence-electron chi connectivity index (χ0n) is 19.7. The molecule has 0 radical (unpaired) electrons. The van der Waals surface area contributed by atoms with Gasteiger partial charge in [0.1, 0.15) is 16.8 Å². The summed E-state index contributed by atoms with van der Waals surface area (Å²) in [6, 6.07) is 4.99. The van der Waals surface area contributed by atoms with Crippen LogP contribution in [0.3, 0.4) is 0 Å². The van der Waals surface area contributed by atoms with Crippen LogP contribution in [0.15, 0.2) is 41.1 Å². The molecule has 1 aromatic rings. The number of allylic oxidation sites excluding steroid dienone is 2. The topological polar surface area (TPSA) is 58.6 Å². The third-order valence-electron chi connectivity index (χ3n) is 4.79. The van der Waals surface area contributed by atoms with E-state index < -0.39 is 11.0 Å². The third-order valence-corrected chi connectivity index (χ3v) is 5.79. The average molecular weight is 453 g/mol. The average Bonchev–Trinajstić information content (AvgIpc) is 2.71. The van der Waals surface area contributed by atoms with Gasteiger partial charge in [0, 0.05) is 37.2 Å². The molecule has 0 heterocycles. The first kappa shape index (κ1) is 26.9. The van der Waals surface area contributed by atoms with Gasteiger partial charge in [-0.2, -0.15) is 0 Å². The summed E-state index contributed by atoms with van der Waals surface area (Å²) in [5.41, 5.74) is 4.39. The van der Waals surface area contributed by atoms with Crippen LogP contribution < -0.4 is 5.32 Å². The Morgan fingerprint density at radius 2 is 1.97 bits per heavy atom. The number of nitrogens with one attached hydrogen (secondary N) is 1. The predicted octanol–water partition coefficient (Wildman–Crippen LogP) is 5.37. The lowest BCUT2D eigenvalue weighted by Gasteiger charge is -2.24.